The quantitative estimate of drug-likeness (QED) is 0.0376. The van der Waals surface area contributed by atoms with Crippen LogP contribution in [0.1, 0.15) is 258 Å². The maximum atomic E-state index is 12.0. The number of carbonyl (C=O) groups is 1. The zero-order valence-electron chi connectivity index (χ0n) is 32.0. The Balaban J connectivity index is 3.17. The lowest BCUT2D eigenvalue weighted by Gasteiger charge is -2.06. The first-order valence-electron chi connectivity index (χ1n) is 21.6. The summed E-state index contributed by atoms with van der Waals surface area (Å²) in [5.41, 5.74) is 0. The average molecular weight is 647 g/mol. The van der Waals surface area contributed by atoms with Gasteiger partial charge in [0.15, 0.2) is 0 Å². The van der Waals surface area contributed by atoms with Crippen LogP contribution in [0.25, 0.3) is 0 Å². The summed E-state index contributed by atoms with van der Waals surface area (Å²) in [4.78, 5) is 12.0. The number of esters is 1. The van der Waals surface area contributed by atoms with Gasteiger partial charge in [0.2, 0.25) is 0 Å². The number of rotatable bonds is 40. The second-order valence-corrected chi connectivity index (χ2v) is 14.7. The molecule has 0 aromatic rings. The highest BCUT2D eigenvalue weighted by molar-refractivity contribution is 5.69. The van der Waals surface area contributed by atoms with Crippen molar-refractivity contribution in [3.8, 4) is 0 Å². The van der Waals surface area contributed by atoms with Crippen molar-refractivity contribution in [2.75, 3.05) is 6.61 Å². The molecule has 0 bridgehead atoms. The van der Waals surface area contributed by atoms with Crippen molar-refractivity contribution in [1.29, 1.82) is 0 Å². The lowest BCUT2D eigenvalue weighted by Crippen LogP contribution is -2.05. The smallest absolute Gasteiger partial charge is 0.305 e. The molecule has 2 nitrogen and oxygen atoms in total. The molecule has 0 heterocycles. The van der Waals surface area contributed by atoms with Gasteiger partial charge in [-0.15, -0.1) is 0 Å². The molecule has 0 amide bonds. The highest BCUT2D eigenvalue weighted by Crippen LogP contribution is 2.16. The van der Waals surface area contributed by atoms with Crippen molar-refractivity contribution in [3.05, 3.63) is 12.2 Å². The molecule has 0 aliphatic carbocycles. The van der Waals surface area contributed by atoms with Gasteiger partial charge in [-0.1, -0.05) is 225 Å². The minimum atomic E-state index is 0.0267. The highest BCUT2D eigenvalue weighted by Gasteiger charge is 2.03. The molecule has 0 unspecified atom stereocenters. The second kappa shape index (κ2) is 42.2. The predicted octanol–water partition coefficient (Wildman–Crippen LogP) is 15.9. The molecule has 274 valence electrons. The third-order valence-electron chi connectivity index (χ3n) is 9.90. The van der Waals surface area contributed by atoms with Gasteiger partial charge in [0.1, 0.15) is 0 Å². The lowest BCUT2D eigenvalue weighted by molar-refractivity contribution is -0.143. The van der Waals surface area contributed by atoms with Crippen LogP contribution in [0.4, 0.5) is 0 Å². The summed E-state index contributed by atoms with van der Waals surface area (Å²) >= 11 is 0. The van der Waals surface area contributed by atoms with Crippen molar-refractivity contribution in [1.82, 2.24) is 0 Å². The van der Waals surface area contributed by atoms with E-state index in [1.165, 1.54) is 225 Å². The van der Waals surface area contributed by atoms with Crippen LogP contribution in [0, 0.1) is 0 Å². The second-order valence-electron chi connectivity index (χ2n) is 14.7. The predicted molar refractivity (Wildman–Crippen MR) is 207 cm³/mol. The summed E-state index contributed by atoms with van der Waals surface area (Å²) in [6.45, 7) is 5.22. The molecule has 0 aliphatic rings. The zero-order chi connectivity index (χ0) is 33.3. The molecule has 0 aromatic heterocycles. The fourth-order valence-electron chi connectivity index (χ4n) is 6.66. The van der Waals surface area contributed by atoms with Crippen LogP contribution < -0.4 is 0 Å². The Kier molecular flexibility index (Phi) is 41.5. The standard InChI is InChI=1S/C44H86O2/c1-3-5-7-9-11-13-15-17-19-21-23-25-27-29-31-33-35-37-39-41-43-46-44(45)42-40-38-36-34-32-30-28-26-24-22-20-18-16-14-12-10-8-6-4-2/h18,20H,3-17,19,21-43H2,1-2H3/b20-18-. The fraction of sp³-hybridized carbons (Fsp3) is 0.932. The Hall–Kier alpha value is -0.790. The highest BCUT2D eigenvalue weighted by atomic mass is 16.5. The number of hydrogen-bond acceptors (Lipinski definition) is 2. The molecule has 0 radical (unpaired) electrons. The van der Waals surface area contributed by atoms with Gasteiger partial charge in [-0.25, -0.2) is 0 Å². The first kappa shape index (κ1) is 45.2. The minimum absolute atomic E-state index is 0.0267. The molecule has 0 spiro atoms. The topological polar surface area (TPSA) is 26.3 Å². The van der Waals surface area contributed by atoms with E-state index in [-0.39, 0.29) is 5.97 Å². The minimum Gasteiger partial charge on any atom is -0.466 e. The third kappa shape index (κ3) is 41.2. The summed E-state index contributed by atoms with van der Waals surface area (Å²) < 4.78 is 5.47. The molecular formula is C44H86O2. The summed E-state index contributed by atoms with van der Waals surface area (Å²) in [5.74, 6) is 0.0267. The van der Waals surface area contributed by atoms with Gasteiger partial charge in [0, 0.05) is 6.42 Å². The monoisotopic (exact) mass is 647 g/mol. The summed E-state index contributed by atoms with van der Waals surface area (Å²) in [5, 5.41) is 0. The van der Waals surface area contributed by atoms with E-state index in [0.29, 0.717) is 13.0 Å². The van der Waals surface area contributed by atoms with Crippen LogP contribution in [0.3, 0.4) is 0 Å². The normalized spacial score (nSPS) is 11.6. The van der Waals surface area contributed by atoms with Crippen LogP contribution in [-0.2, 0) is 9.53 Å². The van der Waals surface area contributed by atoms with Gasteiger partial charge >= 0.3 is 5.97 Å². The van der Waals surface area contributed by atoms with E-state index in [4.69, 9.17) is 4.74 Å². The number of carbonyl (C=O) groups excluding carboxylic acids is 1. The van der Waals surface area contributed by atoms with E-state index >= 15 is 0 Å². The molecule has 0 atom stereocenters. The van der Waals surface area contributed by atoms with Crippen molar-refractivity contribution in [2.24, 2.45) is 0 Å². The maximum Gasteiger partial charge on any atom is 0.305 e. The van der Waals surface area contributed by atoms with Crippen LogP contribution in [0.15, 0.2) is 12.2 Å². The fourth-order valence-corrected chi connectivity index (χ4v) is 6.66. The molecule has 0 saturated carbocycles. The lowest BCUT2D eigenvalue weighted by atomic mass is 10.0. The number of allylic oxidation sites excluding steroid dienone is 2. The van der Waals surface area contributed by atoms with E-state index in [1.807, 2.05) is 0 Å². The average Bonchev–Trinajstić information content (AvgIpc) is 3.06. The van der Waals surface area contributed by atoms with Gasteiger partial charge in [0.05, 0.1) is 6.61 Å². The number of ether oxygens (including phenoxy) is 1. The third-order valence-corrected chi connectivity index (χ3v) is 9.90. The molecule has 0 aliphatic heterocycles. The van der Waals surface area contributed by atoms with Crippen molar-refractivity contribution >= 4 is 5.97 Å². The van der Waals surface area contributed by atoms with Crippen molar-refractivity contribution in [2.45, 2.75) is 258 Å². The molecule has 46 heavy (non-hydrogen) atoms. The zero-order valence-corrected chi connectivity index (χ0v) is 32.0. The van der Waals surface area contributed by atoms with Crippen LogP contribution in [0.5, 0.6) is 0 Å². The van der Waals surface area contributed by atoms with Crippen LogP contribution in [0.2, 0.25) is 0 Å². The van der Waals surface area contributed by atoms with E-state index in [2.05, 4.69) is 26.0 Å². The molecular weight excluding hydrogens is 560 g/mol. The van der Waals surface area contributed by atoms with Crippen LogP contribution in [-0.4, -0.2) is 12.6 Å². The van der Waals surface area contributed by atoms with Gasteiger partial charge in [0.25, 0.3) is 0 Å². The van der Waals surface area contributed by atoms with Crippen molar-refractivity contribution in [3.63, 3.8) is 0 Å². The van der Waals surface area contributed by atoms with Gasteiger partial charge in [-0.05, 0) is 38.5 Å². The Morgan fingerprint density at radius 1 is 0.348 bits per heavy atom. The maximum absolute atomic E-state index is 12.0. The Morgan fingerprint density at radius 2 is 0.609 bits per heavy atom. The molecule has 2 heteroatoms. The van der Waals surface area contributed by atoms with E-state index in [1.54, 1.807) is 0 Å². The molecule has 0 fully saturated rings. The first-order chi connectivity index (χ1) is 22.8. The summed E-state index contributed by atoms with van der Waals surface area (Å²) in [6.07, 6.45) is 56.0. The van der Waals surface area contributed by atoms with E-state index < -0.39 is 0 Å². The molecule has 0 N–H and O–H groups in total. The Morgan fingerprint density at radius 3 is 0.935 bits per heavy atom. The summed E-state index contributed by atoms with van der Waals surface area (Å²) in [6, 6.07) is 0. The number of unbranched alkanes of at least 4 members (excludes halogenated alkanes) is 34. The van der Waals surface area contributed by atoms with Gasteiger partial charge in [-0.3, -0.25) is 4.79 Å². The summed E-state index contributed by atoms with van der Waals surface area (Å²) in [7, 11) is 0. The molecule has 0 aromatic carbocycles. The molecule has 0 rings (SSSR count). The SMILES string of the molecule is CCCCCCCC/C=C\CCCCCCCCCCCC(=O)OCCCCCCCCCCCCCCCCCCCCCC. The largest absolute Gasteiger partial charge is 0.466 e. The van der Waals surface area contributed by atoms with Gasteiger partial charge in [-0.2, -0.15) is 0 Å². The Bertz CT molecular complexity index is 582. The van der Waals surface area contributed by atoms with Gasteiger partial charge < -0.3 is 4.74 Å². The molecule has 0 saturated heterocycles. The van der Waals surface area contributed by atoms with E-state index in [9.17, 15) is 4.79 Å². The Labute approximate surface area is 291 Å². The number of hydrogen-bond donors (Lipinski definition) is 0. The van der Waals surface area contributed by atoms with Crippen LogP contribution >= 0.6 is 0 Å². The first-order valence-corrected chi connectivity index (χ1v) is 21.6. The van der Waals surface area contributed by atoms with E-state index in [0.717, 1.165) is 12.8 Å². The van der Waals surface area contributed by atoms with Crippen molar-refractivity contribution < 1.29 is 9.53 Å².